The second-order valence-corrected chi connectivity index (χ2v) is 4.73. The first-order valence-corrected chi connectivity index (χ1v) is 6.25. The molecule has 1 saturated carbocycles. The lowest BCUT2D eigenvalue weighted by Crippen LogP contribution is -2.14. The number of phenolic OH excluding ortho intramolecular Hbond substituents is 1. The molecular formula is C12H11N5O4. The zero-order valence-electron chi connectivity index (χ0n) is 10.7. The number of amides is 1. The number of carbonyl (C=O) groups is 1. The van der Waals surface area contributed by atoms with Crippen molar-refractivity contribution in [3.8, 4) is 5.75 Å². The van der Waals surface area contributed by atoms with Gasteiger partial charge in [0.05, 0.1) is 10.6 Å². The summed E-state index contributed by atoms with van der Waals surface area (Å²) >= 11 is 0. The van der Waals surface area contributed by atoms with Crippen LogP contribution in [0.25, 0.3) is 0 Å². The van der Waals surface area contributed by atoms with Gasteiger partial charge in [0.1, 0.15) is 11.6 Å². The van der Waals surface area contributed by atoms with Gasteiger partial charge in [0, 0.05) is 18.1 Å². The third kappa shape index (κ3) is 2.66. The van der Waals surface area contributed by atoms with E-state index in [0.717, 1.165) is 31.0 Å². The highest BCUT2D eigenvalue weighted by Crippen LogP contribution is 2.37. The van der Waals surface area contributed by atoms with Crippen molar-refractivity contribution in [2.45, 2.75) is 18.8 Å². The van der Waals surface area contributed by atoms with Gasteiger partial charge >= 0.3 is 0 Å². The molecule has 1 aliphatic carbocycles. The van der Waals surface area contributed by atoms with Gasteiger partial charge in [0.25, 0.3) is 11.6 Å². The Kier molecular flexibility index (Phi) is 3.01. The summed E-state index contributed by atoms with van der Waals surface area (Å²) in [6.45, 7) is 0. The van der Waals surface area contributed by atoms with Crippen molar-refractivity contribution in [1.82, 2.24) is 15.2 Å². The molecule has 0 radical (unpaired) electrons. The molecule has 1 aromatic heterocycles. The molecule has 1 amide bonds. The molecule has 21 heavy (non-hydrogen) atoms. The first-order valence-electron chi connectivity index (χ1n) is 6.25. The van der Waals surface area contributed by atoms with E-state index < -0.39 is 10.8 Å². The van der Waals surface area contributed by atoms with Crippen molar-refractivity contribution in [2.24, 2.45) is 0 Å². The highest BCUT2D eigenvalue weighted by atomic mass is 16.6. The second kappa shape index (κ2) is 4.85. The molecule has 1 heterocycles. The van der Waals surface area contributed by atoms with Gasteiger partial charge in [-0.25, -0.2) is 4.98 Å². The molecule has 9 nitrogen and oxygen atoms in total. The third-order valence-corrected chi connectivity index (χ3v) is 3.11. The van der Waals surface area contributed by atoms with Crippen LogP contribution in [0, 0.1) is 10.1 Å². The Balaban J connectivity index is 1.79. The van der Waals surface area contributed by atoms with Crippen LogP contribution in [0.15, 0.2) is 18.2 Å². The minimum atomic E-state index is -0.644. The van der Waals surface area contributed by atoms with Gasteiger partial charge in [0.2, 0.25) is 5.82 Å². The van der Waals surface area contributed by atoms with Crippen LogP contribution in [-0.2, 0) is 0 Å². The van der Waals surface area contributed by atoms with Crippen LogP contribution in [0.3, 0.4) is 0 Å². The number of nitro groups is 1. The molecule has 0 saturated heterocycles. The molecule has 0 bridgehead atoms. The molecule has 2 aromatic rings. The first-order chi connectivity index (χ1) is 10.0. The Bertz CT molecular complexity index is 722. The third-order valence-electron chi connectivity index (χ3n) is 3.11. The normalized spacial score (nSPS) is 13.9. The number of aromatic hydroxyl groups is 1. The smallest absolute Gasteiger partial charge is 0.295 e. The molecule has 0 unspecified atom stereocenters. The van der Waals surface area contributed by atoms with Crippen molar-refractivity contribution in [2.75, 3.05) is 5.32 Å². The van der Waals surface area contributed by atoms with E-state index in [1.165, 1.54) is 0 Å². The lowest BCUT2D eigenvalue weighted by molar-refractivity contribution is -0.384. The van der Waals surface area contributed by atoms with Crippen LogP contribution in [0.5, 0.6) is 5.75 Å². The number of rotatable bonds is 4. The number of benzene rings is 1. The van der Waals surface area contributed by atoms with Gasteiger partial charge in [-0.1, -0.05) is 0 Å². The molecule has 9 heteroatoms. The fraction of sp³-hybridized carbons (Fsp3) is 0.250. The maximum absolute atomic E-state index is 12.0. The van der Waals surface area contributed by atoms with E-state index in [0.29, 0.717) is 11.7 Å². The molecule has 1 aliphatic rings. The highest BCUT2D eigenvalue weighted by molar-refractivity contribution is 6.02. The zero-order valence-corrected chi connectivity index (χ0v) is 10.7. The van der Waals surface area contributed by atoms with E-state index in [2.05, 4.69) is 20.5 Å². The van der Waals surface area contributed by atoms with E-state index in [9.17, 15) is 20.0 Å². The van der Waals surface area contributed by atoms with Crippen molar-refractivity contribution < 1.29 is 14.8 Å². The van der Waals surface area contributed by atoms with Gasteiger partial charge in [-0.3, -0.25) is 20.0 Å². The Morgan fingerprint density at radius 3 is 2.90 bits per heavy atom. The summed E-state index contributed by atoms with van der Waals surface area (Å²) in [5.41, 5.74) is -0.302. The highest BCUT2D eigenvalue weighted by Gasteiger charge is 2.28. The standard InChI is InChI=1S/C12H11N5O4/c18-9-4-3-7(17(20)21)5-8(9)13-12(19)11-14-10(15-16-11)6-1-2-6/h3-6,18H,1-2H2,(H,13,19)(H,14,15,16). The lowest BCUT2D eigenvalue weighted by atomic mass is 10.2. The number of phenols is 1. The van der Waals surface area contributed by atoms with Gasteiger partial charge < -0.3 is 10.4 Å². The van der Waals surface area contributed by atoms with E-state index in [-0.39, 0.29) is 22.9 Å². The molecular weight excluding hydrogens is 278 g/mol. The predicted molar refractivity (Wildman–Crippen MR) is 71.1 cm³/mol. The van der Waals surface area contributed by atoms with E-state index >= 15 is 0 Å². The number of anilines is 1. The molecule has 0 spiro atoms. The van der Waals surface area contributed by atoms with Gasteiger partial charge in [-0.05, 0) is 18.9 Å². The minimum absolute atomic E-state index is 0.0630. The Labute approximate surface area is 118 Å². The number of aromatic amines is 1. The van der Waals surface area contributed by atoms with Gasteiger partial charge in [0.15, 0.2) is 0 Å². The number of non-ortho nitro benzene ring substituents is 1. The van der Waals surface area contributed by atoms with Crippen LogP contribution < -0.4 is 5.32 Å². The van der Waals surface area contributed by atoms with Crippen molar-refractivity contribution in [1.29, 1.82) is 0 Å². The van der Waals surface area contributed by atoms with Crippen LogP contribution in [0.2, 0.25) is 0 Å². The number of nitrogens with zero attached hydrogens (tertiary/aromatic N) is 3. The second-order valence-electron chi connectivity index (χ2n) is 4.73. The number of aromatic nitrogens is 3. The number of nitrogens with one attached hydrogen (secondary N) is 2. The number of hydrogen-bond acceptors (Lipinski definition) is 6. The number of carbonyl (C=O) groups excluding carboxylic acids is 1. The summed E-state index contributed by atoms with van der Waals surface area (Å²) < 4.78 is 0. The van der Waals surface area contributed by atoms with Gasteiger partial charge in [-0.15, -0.1) is 5.10 Å². The van der Waals surface area contributed by atoms with Crippen molar-refractivity contribution >= 4 is 17.3 Å². The summed E-state index contributed by atoms with van der Waals surface area (Å²) in [5.74, 6) is -0.00247. The molecule has 108 valence electrons. The lowest BCUT2D eigenvalue weighted by Gasteiger charge is -2.04. The molecule has 3 N–H and O–H groups in total. The maximum Gasteiger partial charge on any atom is 0.295 e. The molecule has 0 aliphatic heterocycles. The molecule has 3 rings (SSSR count). The van der Waals surface area contributed by atoms with Gasteiger partial charge in [-0.2, -0.15) is 0 Å². The topological polar surface area (TPSA) is 134 Å². The molecule has 0 atom stereocenters. The maximum atomic E-state index is 12.0. The number of hydrogen-bond donors (Lipinski definition) is 3. The summed E-state index contributed by atoms with van der Waals surface area (Å²) in [6, 6.07) is 3.35. The van der Waals surface area contributed by atoms with E-state index in [1.807, 2.05) is 0 Å². The molecule has 1 fully saturated rings. The van der Waals surface area contributed by atoms with E-state index in [4.69, 9.17) is 0 Å². The average molecular weight is 289 g/mol. The number of nitro benzene ring substituents is 1. The van der Waals surface area contributed by atoms with E-state index in [1.54, 1.807) is 0 Å². The Morgan fingerprint density at radius 2 is 2.24 bits per heavy atom. The predicted octanol–water partition coefficient (Wildman–Crippen LogP) is 1.55. The summed E-state index contributed by atoms with van der Waals surface area (Å²) in [4.78, 5) is 26.1. The number of H-pyrrole nitrogens is 1. The van der Waals surface area contributed by atoms with Crippen LogP contribution in [0.4, 0.5) is 11.4 Å². The van der Waals surface area contributed by atoms with Crippen LogP contribution >= 0.6 is 0 Å². The fourth-order valence-electron chi connectivity index (χ4n) is 1.83. The molecule has 1 aromatic carbocycles. The quantitative estimate of drug-likeness (QED) is 0.444. The largest absolute Gasteiger partial charge is 0.506 e. The zero-order chi connectivity index (χ0) is 15.0. The average Bonchev–Trinajstić information content (AvgIpc) is 3.18. The Morgan fingerprint density at radius 1 is 1.48 bits per heavy atom. The van der Waals surface area contributed by atoms with Crippen LogP contribution in [0.1, 0.15) is 35.2 Å². The summed E-state index contributed by atoms with van der Waals surface area (Å²) in [5, 5.41) is 29.2. The Hall–Kier alpha value is -2.97. The SMILES string of the molecule is O=C(Nc1cc([N+](=O)[O-])ccc1O)c1n[nH]c(C2CC2)n1. The van der Waals surface area contributed by atoms with Crippen molar-refractivity contribution in [3.63, 3.8) is 0 Å². The minimum Gasteiger partial charge on any atom is -0.506 e. The van der Waals surface area contributed by atoms with Crippen molar-refractivity contribution in [3.05, 3.63) is 40.0 Å². The first kappa shape index (κ1) is 13.0. The monoisotopic (exact) mass is 289 g/mol. The summed E-state index contributed by atoms with van der Waals surface area (Å²) in [6.07, 6.45) is 2.03. The fourth-order valence-corrected chi connectivity index (χ4v) is 1.83. The van der Waals surface area contributed by atoms with Crippen LogP contribution in [-0.4, -0.2) is 31.1 Å². The summed E-state index contributed by atoms with van der Waals surface area (Å²) in [7, 11) is 0.